The minimum Gasteiger partial charge on any atom is -0.490 e. The van der Waals surface area contributed by atoms with Crippen LogP contribution in [0, 0.1) is 0 Å². The highest BCUT2D eigenvalue weighted by Crippen LogP contribution is 2.29. The van der Waals surface area contributed by atoms with Crippen molar-refractivity contribution in [3.63, 3.8) is 0 Å². The van der Waals surface area contributed by atoms with Crippen LogP contribution in [0.4, 0.5) is 5.82 Å². The van der Waals surface area contributed by atoms with Crippen molar-refractivity contribution in [3.05, 3.63) is 52.6 Å². The van der Waals surface area contributed by atoms with Crippen molar-refractivity contribution in [1.29, 1.82) is 0 Å². The summed E-state index contributed by atoms with van der Waals surface area (Å²) >= 11 is 3.50. The fourth-order valence-electron chi connectivity index (χ4n) is 2.88. The molecule has 2 aromatic rings. The van der Waals surface area contributed by atoms with Crippen molar-refractivity contribution in [3.8, 4) is 5.75 Å². The van der Waals surface area contributed by atoms with Crippen molar-refractivity contribution in [1.82, 2.24) is 9.88 Å². The highest BCUT2D eigenvalue weighted by Gasteiger charge is 2.19. The Hall–Kier alpha value is -1.63. The molecule has 0 atom stereocenters. The molecule has 1 saturated heterocycles. The molecule has 3 rings (SSSR count). The zero-order valence-corrected chi connectivity index (χ0v) is 16.8. The molecule has 0 aliphatic carbocycles. The van der Waals surface area contributed by atoms with E-state index in [0.29, 0.717) is 19.8 Å². The molecule has 1 aliphatic rings. The van der Waals surface area contributed by atoms with E-state index in [0.717, 1.165) is 48.6 Å². The van der Waals surface area contributed by atoms with Crippen LogP contribution >= 0.6 is 15.9 Å². The Balaban J connectivity index is 1.46. The molecule has 2 heterocycles. The first-order valence-corrected chi connectivity index (χ1v) is 9.85. The Morgan fingerprint density at radius 2 is 1.85 bits per heavy atom. The number of hydrogen-bond donors (Lipinski definition) is 0. The topological polar surface area (TPSA) is 37.8 Å². The Labute approximate surface area is 164 Å². The number of pyridine rings is 1. The third-order valence-corrected chi connectivity index (χ3v) is 4.84. The largest absolute Gasteiger partial charge is 0.490 e. The number of nitrogens with zero attached hydrogens (tertiary/aromatic N) is 3. The number of hydrogen-bond acceptors (Lipinski definition) is 5. The summed E-state index contributed by atoms with van der Waals surface area (Å²) in [6, 6.07) is 12.2. The molecule has 0 N–H and O–H groups in total. The fraction of sp³-hybridized carbons (Fsp3) is 0.450. The lowest BCUT2D eigenvalue weighted by atomic mass is 10.2. The lowest BCUT2D eigenvalue weighted by Crippen LogP contribution is -2.45. The maximum absolute atomic E-state index is 6.02. The van der Waals surface area contributed by atoms with Gasteiger partial charge >= 0.3 is 0 Å². The van der Waals surface area contributed by atoms with E-state index in [2.05, 4.69) is 49.9 Å². The van der Waals surface area contributed by atoms with Crippen LogP contribution in [0.1, 0.15) is 12.0 Å². The van der Waals surface area contributed by atoms with Gasteiger partial charge in [-0.2, -0.15) is 0 Å². The first-order valence-electron chi connectivity index (χ1n) is 9.06. The maximum atomic E-state index is 6.02. The minimum atomic E-state index is 0.619. The van der Waals surface area contributed by atoms with Crippen LogP contribution < -0.4 is 9.64 Å². The van der Waals surface area contributed by atoms with Gasteiger partial charge in [0, 0.05) is 43.3 Å². The van der Waals surface area contributed by atoms with Gasteiger partial charge in [0.1, 0.15) is 0 Å². The molecule has 1 aromatic heterocycles. The Morgan fingerprint density at radius 1 is 1.08 bits per heavy atom. The quantitative estimate of drug-likeness (QED) is 0.611. The smallest absolute Gasteiger partial charge is 0.171 e. The summed E-state index contributed by atoms with van der Waals surface area (Å²) in [5.41, 5.74) is 1.20. The number of ether oxygens (including phenoxy) is 2. The van der Waals surface area contributed by atoms with Crippen molar-refractivity contribution in [2.75, 3.05) is 51.3 Å². The number of rotatable bonds is 8. The fourth-order valence-corrected chi connectivity index (χ4v) is 3.19. The zero-order valence-electron chi connectivity index (χ0n) is 15.2. The van der Waals surface area contributed by atoms with E-state index >= 15 is 0 Å². The third kappa shape index (κ3) is 5.69. The molecule has 1 fully saturated rings. The van der Waals surface area contributed by atoms with Gasteiger partial charge in [-0.15, -0.1) is 0 Å². The average Bonchev–Trinajstić information content (AvgIpc) is 2.66. The molecule has 0 saturated carbocycles. The van der Waals surface area contributed by atoms with Crippen molar-refractivity contribution < 1.29 is 9.47 Å². The molecular formula is C20H26BrN3O2. The molecule has 0 unspecified atom stereocenters. The zero-order chi connectivity index (χ0) is 18.2. The van der Waals surface area contributed by atoms with Gasteiger partial charge in [0.25, 0.3) is 0 Å². The minimum absolute atomic E-state index is 0.619. The molecule has 0 spiro atoms. The second kappa shape index (κ2) is 9.90. The average molecular weight is 420 g/mol. The predicted molar refractivity (Wildman–Crippen MR) is 108 cm³/mol. The Bertz CT molecular complexity index is 676. The lowest BCUT2D eigenvalue weighted by Gasteiger charge is -2.34. The summed E-state index contributed by atoms with van der Waals surface area (Å²) in [5.74, 6) is 1.78. The molecule has 140 valence electrons. The molecule has 0 amide bonds. The van der Waals surface area contributed by atoms with Crippen LogP contribution in [-0.4, -0.2) is 56.3 Å². The maximum Gasteiger partial charge on any atom is 0.171 e. The van der Waals surface area contributed by atoms with Gasteiger partial charge in [-0.25, -0.2) is 4.98 Å². The second-order valence-corrected chi connectivity index (χ2v) is 7.42. The van der Waals surface area contributed by atoms with Crippen molar-refractivity contribution >= 4 is 21.7 Å². The lowest BCUT2D eigenvalue weighted by molar-refractivity contribution is 0.107. The summed E-state index contributed by atoms with van der Waals surface area (Å²) < 4.78 is 12.7. The highest BCUT2D eigenvalue weighted by atomic mass is 79.9. The molecule has 5 nitrogen and oxygen atoms in total. The molecule has 0 radical (unpaired) electrons. The monoisotopic (exact) mass is 419 g/mol. The van der Waals surface area contributed by atoms with Crippen molar-refractivity contribution in [2.45, 2.75) is 13.0 Å². The first-order chi connectivity index (χ1) is 12.7. The van der Waals surface area contributed by atoms with Gasteiger partial charge in [0.15, 0.2) is 11.6 Å². The second-order valence-electron chi connectivity index (χ2n) is 6.51. The highest BCUT2D eigenvalue weighted by molar-refractivity contribution is 9.10. The van der Waals surface area contributed by atoms with Gasteiger partial charge in [-0.1, -0.05) is 30.3 Å². The summed E-state index contributed by atoms with van der Waals surface area (Å²) in [4.78, 5) is 9.22. The van der Waals surface area contributed by atoms with Gasteiger partial charge in [-0.3, -0.25) is 0 Å². The number of halogens is 1. The third-order valence-electron chi connectivity index (χ3n) is 4.40. The molecule has 0 bridgehead atoms. The van der Waals surface area contributed by atoms with Crippen LogP contribution in [0.15, 0.2) is 47.1 Å². The molecule has 6 heteroatoms. The molecule has 1 aliphatic heterocycles. The van der Waals surface area contributed by atoms with Gasteiger partial charge in [0.05, 0.1) is 19.8 Å². The first kappa shape index (κ1) is 19.1. The molecule has 1 aromatic carbocycles. The van der Waals surface area contributed by atoms with Crippen molar-refractivity contribution in [2.24, 2.45) is 0 Å². The number of benzene rings is 1. The predicted octanol–water partition coefficient (Wildman–Crippen LogP) is 3.58. The van der Waals surface area contributed by atoms with Crippen LogP contribution in [0.5, 0.6) is 5.75 Å². The Morgan fingerprint density at radius 3 is 2.62 bits per heavy atom. The van der Waals surface area contributed by atoms with Gasteiger partial charge < -0.3 is 19.3 Å². The van der Waals surface area contributed by atoms with E-state index in [-0.39, 0.29) is 0 Å². The van der Waals surface area contributed by atoms with Crippen LogP contribution in [-0.2, 0) is 11.3 Å². The molecular weight excluding hydrogens is 394 g/mol. The SMILES string of the molecule is CN1CCN(c2ncc(Br)cc2OCCCOCc2ccccc2)CC1. The summed E-state index contributed by atoms with van der Waals surface area (Å²) in [7, 11) is 2.15. The van der Waals surface area contributed by atoms with Gasteiger partial charge in [-0.05, 0) is 34.6 Å². The van der Waals surface area contributed by atoms with Crippen LogP contribution in [0.25, 0.3) is 0 Å². The summed E-state index contributed by atoms with van der Waals surface area (Å²) in [6.07, 6.45) is 2.69. The van der Waals surface area contributed by atoms with Crippen LogP contribution in [0.2, 0.25) is 0 Å². The normalized spacial score (nSPS) is 15.2. The number of likely N-dealkylation sites (N-methyl/N-ethyl adjacent to an activating group) is 1. The van der Waals surface area contributed by atoms with E-state index in [9.17, 15) is 0 Å². The van der Waals surface area contributed by atoms with E-state index in [1.807, 2.05) is 30.5 Å². The number of aromatic nitrogens is 1. The summed E-state index contributed by atoms with van der Waals surface area (Å²) in [6.45, 7) is 5.98. The van der Waals surface area contributed by atoms with E-state index in [1.54, 1.807) is 0 Å². The standard InChI is InChI=1S/C20H26BrN3O2/c1-23-8-10-24(11-9-23)20-19(14-18(21)15-22-20)26-13-5-12-25-16-17-6-3-2-4-7-17/h2-4,6-7,14-15H,5,8-13,16H2,1H3. The number of anilines is 1. The van der Waals surface area contributed by atoms with E-state index < -0.39 is 0 Å². The van der Waals surface area contributed by atoms with E-state index in [1.165, 1.54) is 5.56 Å². The van der Waals surface area contributed by atoms with E-state index in [4.69, 9.17) is 9.47 Å². The Kier molecular flexibility index (Phi) is 7.29. The van der Waals surface area contributed by atoms with Crippen LogP contribution in [0.3, 0.4) is 0 Å². The summed E-state index contributed by atoms with van der Waals surface area (Å²) in [5, 5.41) is 0. The van der Waals surface area contributed by atoms with Gasteiger partial charge in [0.2, 0.25) is 0 Å². The molecule has 26 heavy (non-hydrogen) atoms. The number of piperazine rings is 1.